The zero-order valence-electron chi connectivity index (χ0n) is 20.0. The summed E-state index contributed by atoms with van der Waals surface area (Å²) in [7, 11) is 3.39. The molecule has 0 aromatic heterocycles. The summed E-state index contributed by atoms with van der Waals surface area (Å²) in [5, 5.41) is 44.1. The Morgan fingerprint density at radius 2 is 1.00 bits per heavy atom. The van der Waals surface area contributed by atoms with E-state index in [1.807, 2.05) is 0 Å². The summed E-state index contributed by atoms with van der Waals surface area (Å²) in [6, 6.07) is 9.82. The van der Waals surface area contributed by atoms with Crippen LogP contribution >= 0.6 is 0 Å². The first-order chi connectivity index (χ1) is 16.5. The Morgan fingerprint density at radius 3 is 1.31 bits per heavy atom. The van der Waals surface area contributed by atoms with Crippen LogP contribution in [0, 0.1) is 0 Å². The first-order valence-corrected chi connectivity index (χ1v) is 11.2. The molecule has 2 aromatic carbocycles. The summed E-state index contributed by atoms with van der Waals surface area (Å²) in [4.78, 5) is 0. The SMILES string of the molecule is CN[C@H](CO)[C@H](O)c1ccc2c(c1)OCCO2.CN[C@H](CO)[C@H](O)c1ccc2c(c1)OCCO2.[Y]. The van der Waals surface area contributed by atoms with Crippen molar-refractivity contribution in [3.05, 3.63) is 47.5 Å². The van der Waals surface area contributed by atoms with Gasteiger partial charge in [-0.3, -0.25) is 0 Å². The second-order valence-corrected chi connectivity index (χ2v) is 7.85. The quantitative estimate of drug-likeness (QED) is 0.261. The molecule has 2 aliphatic heterocycles. The first-order valence-electron chi connectivity index (χ1n) is 11.2. The van der Waals surface area contributed by atoms with Crippen molar-refractivity contribution < 1.29 is 72.1 Å². The van der Waals surface area contributed by atoms with Crippen LogP contribution in [0.15, 0.2) is 36.4 Å². The molecule has 4 atom stereocenters. The number of benzene rings is 2. The standard InChI is InChI=1S/2C12H17NO4.Y/c2*1-13-9(7-14)12(15)8-2-3-10-11(6-8)17-5-4-16-10;/h2*2-3,6,9,12-15H,4-5,7H2,1H3;/t2*9-,12-;/m11./s1. The fourth-order valence-corrected chi connectivity index (χ4v) is 3.65. The van der Waals surface area contributed by atoms with Gasteiger partial charge in [-0.05, 0) is 49.5 Å². The largest absolute Gasteiger partial charge is 0.486 e. The zero-order chi connectivity index (χ0) is 24.5. The van der Waals surface area contributed by atoms with E-state index in [1.54, 1.807) is 50.5 Å². The molecule has 0 fully saturated rings. The molecule has 191 valence electrons. The molecule has 1 radical (unpaired) electrons. The van der Waals surface area contributed by atoms with Crippen molar-refractivity contribution in [2.75, 3.05) is 53.7 Å². The minimum absolute atomic E-state index is 0. The summed E-state index contributed by atoms with van der Waals surface area (Å²) in [5.41, 5.74) is 1.39. The molecule has 0 unspecified atom stereocenters. The number of aliphatic hydroxyl groups is 4. The van der Waals surface area contributed by atoms with Crippen LogP contribution in [0.5, 0.6) is 23.0 Å². The predicted molar refractivity (Wildman–Crippen MR) is 125 cm³/mol. The molecule has 4 rings (SSSR count). The third-order valence-corrected chi connectivity index (χ3v) is 5.71. The van der Waals surface area contributed by atoms with Gasteiger partial charge in [-0.25, -0.2) is 0 Å². The van der Waals surface area contributed by atoms with Crippen molar-refractivity contribution >= 4 is 0 Å². The van der Waals surface area contributed by atoms with Crippen molar-refractivity contribution in [1.29, 1.82) is 0 Å². The van der Waals surface area contributed by atoms with Crippen LogP contribution in [0.4, 0.5) is 0 Å². The number of hydrogen-bond donors (Lipinski definition) is 6. The fourth-order valence-electron chi connectivity index (χ4n) is 3.65. The number of rotatable bonds is 8. The summed E-state index contributed by atoms with van der Waals surface area (Å²) in [6.45, 7) is 1.86. The molecule has 0 saturated carbocycles. The van der Waals surface area contributed by atoms with E-state index in [2.05, 4.69) is 10.6 Å². The molecule has 2 aliphatic rings. The molecule has 10 nitrogen and oxygen atoms in total. The molecule has 0 aliphatic carbocycles. The topological polar surface area (TPSA) is 142 Å². The van der Waals surface area contributed by atoms with Crippen molar-refractivity contribution in [2.24, 2.45) is 0 Å². The van der Waals surface area contributed by atoms with Crippen molar-refractivity contribution in [2.45, 2.75) is 24.3 Å². The van der Waals surface area contributed by atoms with Gasteiger partial charge in [0.05, 0.1) is 37.5 Å². The summed E-state index contributed by atoms with van der Waals surface area (Å²) in [6.07, 6.45) is -1.55. The van der Waals surface area contributed by atoms with Gasteiger partial charge < -0.3 is 50.0 Å². The molecule has 35 heavy (non-hydrogen) atoms. The number of likely N-dealkylation sites (N-methyl/N-ethyl adjacent to an activating group) is 2. The Morgan fingerprint density at radius 1 is 0.657 bits per heavy atom. The van der Waals surface area contributed by atoms with Gasteiger partial charge in [0, 0.05) is 32.7 Å². The number of ether oxygens (including phenoxy) is 4. The maximum Gasteiger partial charge on any atom is 0.161 e. The molecule has 11 heteroatoms. The van der Waals surface area contributed by atoms with E-state index in [0.29, 0.717) is 60.6 Å². The minimum Gasteiger partial charge on any atom is -0.486 e. The molecule has 6 N–H and O–H groups in total. The number of aliphatic hydroxyl groups excluding tert-OH is 4. The predicted octanol–water partition coefficient (Wildman–Crippen LogP) is 0.141. The van der Waals surface area contributed by atoms with Gasteiger partial charge in [-0.15, -0.1) is 0 Å². The molecule has 0 saturated heterocycles. The zero-order valence-corrected chi connectivity index (χ0v) is 22.9. The summed E-state index contributed by atoms with van der Waals surface area (Å²) < 4.78 is 21.7. The van der Waals surface area contributed by atoms with E-state index in [-0.39, 0.29) is 45.9 Å². The third-order valence-electron chi connectivity index (χ3n) is 5.71. The van der Waals surface area contributed by atoms with Crippen LogP contribution in [0.3, 0.4) is 0 Å². The molecule has 0 bridgehead atoms. The van der Waals surface area contributed by atoms with Crippen molar-refractivity contribution in [1.82, 2.24) is 10.6 Å². The second-order valence-electron chi connectivity index (χ2n) is 7.85. The maximum absolute atomic E-state index is 10.1. The van der Waals surface area contributed by atoms with Crippen molar-refractivity contribution in [3.8, 4) is 23.0 Å². The van der Waals surface area contributed by atoms with Crippen LogP contribution in [-0.2, 0) is 32.7 Å². The number of hydrogen-bond acceptors (Lipinski definition) is 10. The van der Waals surface area contributed by atoms with Crippen LogP contribution in [0.1, 0.15) is 23.3 Å². The van der Waals surface area contributed by atoms with Gasteiger partial charge in [0.2, 0.25) is 0 Å². The fraction of sp³-hybridized carbons (Fsp3) is 0.500. The molecule has 0 spiro atoms. The molecule has 0 amide bonds. The van der Waals surface area contributed by atoms with Gasteiger partial charge in [-0.2, -0.15) is 0 Å². The van der Waals surface area contributed by atoms with Crippen LogP contribution in [-0.4, -0.2) is 86.2 Å². The average molecular weight is 567 g/mol. The first kappa shape index (κ1) is 29.7. The Hall–Kier alpha value is -1.50. The van der Waals surface area contributed by atoms with Gasteiger partial charge >= 0.3 is 0 Å². The van der Waals surface area contributed by atoms with E-state index in [4.69, 9.17) is 29.2 Å². The van der Waals surface area contributed by atoms with E-state index in [0.717, 1.165) is 0 Å². The Kier molecular flexibility index (Phi) is 12.7. The Labute approximate surface area is 230 Å². The van der Waals surface area contributed by atoms with Crippen LogP contribution in [0.25, 0.3) is 0 Å². The molecular weight excluding hydrogens is 533 g/mol. The maximum atomic E-state index is 10.1. The summed E-state index contributed by atoms with van der Waals surface area (Å²) in [5.74, 6) is 2.66. The van der Waals surface area contributed by atoms with Gasteiger partial charge in [0.1, 0.15) is 26.4 Å². The van der Waals surface area contributed by atoms with Crippen LogP contribution in [0.2, 0.25) is 0 Å². The van der Waals surface area contributed by atoms with E-state index >= 15 is 0 Å². The monoisotopic (exact) mass is 567 g/mol. The second kappa shape index (κ2) is 14.9. The molecular formula is C24H34N2O8Y. The average Bonchev–Trinajstić information content (AvgIpc) is 2.89. The van der Waals surface area contributed by atoms with Gasteiger partial charge in [0.25, 0.3) is 0 Å². The van der Waals surface area contributed by atoms with Gasteiger partial charge in [0.15, 0.2) is 23.0 Å². The number of fused-ring (bicyclic) bond motifs is 2. The molecule has 2 aromatic rings. The van der Waals surface area contributed by atoms with E-state index in [9.17, 15) is 10.2 Å². The third kappa shape index (κ3) is 7.74. The molecule has 2 heterocycles. The summed E-state index contributed by atoms with van der Waals surface area (Å²) >= 11 is 0. The smallest absolute Gasteiger partial charge is 0.161 e. The Balaban J connectivity index is 0.000000240. The van der Waals surface area contributed by atoms with Crippen LogP contribution < -0.4 is 29.6 Å². The van der Waals surface area contributed by atoms with Gasteiger partial charge in [-0.1, -0.05) is 12.1 Å². The van der Waals surface area contributed by atoms with Crippen molar-refractivity contribution in [3.63, 3.8) is 0 Å². The van der Waals surface area contributed by atoms with E-state index < -0.39 is 24.3 Å². The number of nitrogens with one attached hydrogen (secondary N) is 2. The minimum atomic E-state index is -0.777. The normalized spacial score (nSPS) is 17.1. The Bertz CT molecular complexity index is 838. The van der Waals surface area contributed by atoms with E-state index in [1.165, 1.54) is 0 Å².